The Morgan fingerprint density at radius 3 is 1.63 bits per heavy atom. The summed E-state index contributed by atoms with van der Waals surface area (Å²) in [6.45, 7) is 2.21. The van der Waals surface area contributed by atoms with Crippen LogP contribution in [0.15, 0.2) is 30.3 Å². The molecule has 2 N–H and O–H groups in total. The molecule has 0 saturated carbocycles. The molecule has 0 saturated heterocycles. The molecule has 0 bridgehead atoms. The average molecular weight is 413 g/mol. The van der Waals surface area contributed by atoms with Crippen LogP contribution in [0.25, 0.3) is 0 Å². The molecule has 1 aromatic carbocycles. The normalized spacial score (nSPS) is 10.6. The second-order valence-electron chi connectivity index (χ2n) is 6.81. The molecule has 0 atom stereocenters. The molecule has 1 rings (SSSR count). The van der Waals surface area contributed by atoms with E-state index in [1.165, 1.54) is 38.5 Å². The molecule has 27 heavy (non-hydrogen) atoms. The van der Waals surface area contributed by atoms with E-state index < -0.39 is 17.4 Å². The molecule has 1 aromatic rings. The predicted molar refractivity (Wildman–Crippen MR) is 102 cm³/mol. The van der Waals surface area contributed by atoms with Gasteiger partial charge in [-0.15, -0.1) is 0 Å². The molecule has 0 aliphatic heterocycles. The van der Waals surface area contributed by atoms with E-state index in [1.54, 1.807) is 30.3 Å². The van der Waals surface area contributed by atoms with Gasteiger partial charge in [-0.1, -0.05) is 101 Å². The number of unbranched alkanes of at least 4 members (excludes halogenated alkanes) is 9. The minimum atomic E-state index is -1.83. The number of aliphatic carboxylic acids is 2. The predicted octanol–water partition coefficient (Wildman–Crippen LogP) is -0.362. The van der Waals surface area contributed by atoms with Crippen molar-refractivity contribution in [2.24, 2.45) is 0 Å². The molecule has 0 aromatic heterocycles. The topological polar surface area (TPSA) is 74.6 Å². The summed E-state index contributed by atoms with van der Waals surface area (Å²) in [4.78, 5) is 23.5. The van der Waals surface area contributed by atoms with Gasteiger partial charge in [0.2, 0.25) is 0 Å². The largest absolute Gasteiger partial charge is 1.00 e. The summed E-state index contributed by atoms with van der Waals surface area (Å²) in [6.07, 6.45) is 11.5. The number of carboxylic acids is 2. The molecule has 0 spiro atoms. The van der Waals surface area contributed by atoms with Crippen LogP contribution in [-0.4, -0.2) is 22.2 Å². The van der Waals surface area contributed by atoms with Crippen LogP contribution in [0.4, 0.5) is 0 Å². The van der Waals surface area contributed by atoms with Crippen LogP contribution in [0.3, 0.4) is 0 Å². The first-order valence-electron chi connectivity index (χ1n) is 9.58. The first-order chi connectivity index (χ1) is 12.1. The molecule has 0 aliphatic carbocycles. The Bertz CT molecular complexity index is 519. The van der Waals surface area contributed by atoms with Gasteiger partial charge in [0.25, 0.3) is 0 Å². The average Bonchev–Trinajstić information content (AvgIpc) is 2.60. The minimum absolute atomic E-state index is 0. The number of carbonyl (C=O) groups is 2. The van der Waals surface area contributed by atoms with Crippen LogP contribution in [0.2, 0.25) is 0 Å². The summed E-state index contributed by atoms with van der Waals surface area (Å²) in [6, 6.07) is 8.33. The van der Waals surface area contributed by atoms with E-state index in [0.717, 1.165) is 19.3 Å². The molecule has 0 heterocycles. The van der Waals surface area contributed by atoms with Gasteiger partial charge >= 0.3 is 92.9 Å². The summed E-state index contributed by atoms with van der Waals surface area (Å²) in [5.41, 5.74) is -1.48. The zero-order chi connectivity index (χ0) is 18.5. The number of benzene rings is 1. The fourth-order valence-corrected chi connectivity index (χ4v) is 3.30. The van der Waals surface area contributed by atoms with Gasteiger partial charge in [-0.05, 0) is 12.0 Å². The monoisotopic (exact) mass is 412 g/mol. The zero-order valence-electron chi connectivity index (χ0n) is 19.4. The summed E-state index contributed by atoms with van der Waals surface area (Å²) in [7, 11) is 0. The maximum Gasteiger partial charge on any atom is 1.00 e. The van der Waals surface area contributed by atoms with Crippen molar-refractivity contribution >= 4 is 11.9 Å². The SMILES string of the molecule is CCCCCCCCCCCCC(C(=O)O)(C(=O)O)c1ccccc1.[H-].[H-].[K+].[Na+]. The van der Waals surface area contributed by atoms with Crippen molar-refractivity contribution in [2.75, 3.05) is 0 Å². The van der Waals surface area contributed by atoms with Crippen molar-refractivity contribution < 1.29 is 104 Å². The molecule has 4 nitrogen and oxygen atoms in total. The van der Waals surface area contributed by atoms with Crippen molar-refractivity contribution in [2.45, 2.75) is 83.0 Å². The molecule has 0 unspecified atom stereocenters. The van der Waals surface area contributed by atoms with E-state index in [4.69, 9.17) is 0 Å². The van der Waals surface area contributed by atoms with Crippen molar-refractivity contribution in [3.63, 3.8) is 0 Å². The molecule has 144 valence electrons. The van der Waals surface area contributed by atoms with Gasteiger partial charge in [0, 0.05) is 0 Å². The standard InChI is InChI=1S/C21H32O4.K.Na.2H/c1-2-3-4-5-6-7-8-9-10-14-17-21(19(22)23,20(24)25)18-15-12-11-13-16-18;;;;/h11-13,15-16H,2-10,14,17H2,1H3,(H,22,23)(H,24,25);;;;/q;2*+1;2*-1. The van der Waals surface area contributed by atoms with Gasteiger partial charge in [0.1, 0.15) is 0 Å². The van der Waals surface area contributed by atoms with Gasteiger partial charge in [-0.25, -0.2) is 0 Å². The van der Waals surface area contributed by atoms with E-state index in [2.05, 4.69) is 6.92 Å². The first-order valence-corrected chi connectivity index (χ1v) is 9.58. The maximum absolute atomic E-state index is 11.8. The Morgan fingerprint density at radius 1 is 0.815 bits per heavy atom. The Balaban J connectivity index is -0.000000781. The molecular formula is C21H34KNaO4. The van der Waals surface area contributed by atoms with Gasteiger partial charge in [-0.3, -0.25) is 9.59 Å². The molecule has 0 radical (unpaired) electrons. The summed E-state index contributed by atoms with van der Waals surface area (Å²) in [5.74, 6) is -2.55. The van der Waals surface area contributed by atoms with Crippen LogP contribution in [-0.2, 0) is 15.0 Å². The third kappa shape index (κ3) is 10.4. The molecular weight excluding hydrogens is 378 g/mol. The second kappa shape index (κ2) is 17.6. The number of hydrogen-bond donors (Lipinski definition) is 2. The molecule has 0 aliphatic rings. The molecule has 0 fully saturated rings. The smallest absolute Gasteiger partial charge is 1.00 e. The zero-order valence-corrected chi connectivity index (χ0v) is 22.5. The number of carboxylic acid groups (broad SMARTS) is 2. The van der Waals surface area contributed by atoms with Crippen molar-refractivity contribution in [3.05, 3.63) is 35.9 Å². The van der Waals surface area contributed by atoms with E-state index in [9.17, 15) is 19.8 Å². The second-order valence-corrected chi connectivity index (χ2v) is 6.81. The summed E-state index contributed by atoms with van der Waals surface area (Å²) < 4.78 is 0. The van der Waals surface area contributed by atoms with Crippen molar-refractivity contribution in [1.29, 1.82) is 0 Å². The minimum Gasteiger partial charge on any atom is -1.00 e. The van der Waals surface area contributed by atoms with Crippen LogP contribution in [0, 0.1) is 0 Å². The van der Waals surface area contributed by atoms with Gasteiger partial charge in [-0.2, -0.15) is 0 Å². The Labute approximate surface area is 231 Å². The fraction of sp³-hybridized carbons (Fsp3) is 0.619. The van der Waals surface area contributed by atoms with Crippen molar-refractivity contribution in [3.8, 4) is 0 Å². The fourth-order valence-electron chi connectivity index (χ4n) is 3.30. The Morgan fingerprint density at radius 2 is 1.22 bits per heavy atom. The van der Waals surface area contributed by atoms with Crippen molar-refractivity contribution in [1.82, 2.24) is 0 Å². The number of hydrogen-bond acceptors (Lipinski definition) is 2. The third-order valence-electron chi connectivity index (χ3n) is 4.90. The Hall–Kier alpha value is 0.796. The van der Waals surface area contributed by atoms with Gasteiger partial charge in [0.15, 0.2) is 5.41 Å². The quantitative estimate of drug-likeness (QED) is 0.249. The van der Waals surface area contributed by atoms with Crippen LogP contribution >= 0.6 is 0 Å². The summed E-state index contributed by atoms with van der Waals surface area (Å²) in [5, 5.41) is 19.2. The first kappa shape index (κ1) is 30.0. The number of rotatable bonds is 14. The van der Waals surface area contributed by atoms with E-state index in [0.29, 0.717) is 12.0 Å². The molecule has 0 amide bonds. The van der Waals surface area contributed by atoms with Crippen LogP contribution in [0.5, 0.6) is 0 Å². The van der Waals surface area contributed by atoms with E-state index in [1.807, 2.05) is 0 Å². The maximum atomic E-state index is 11.8. The van der Waals surface area contributed by atoms with Gasteiger partial charge < -0.3 is 13.1 Å². The van der Waals surface area contributed by atoms with Crippen LogP contribution in [0.1, 0.15) is 86.0 Å². The van der Waals surface area contributed by atoms with Crippen LogP contribution < -0.4 is 80.9 Å². The third-order valence-corrected chi connectivity index (χ3v) is 4.90. The Kier molecular flexibility index (Phi) is 19.6. The summed E-state index contributed by atoms with van der Waals surface area (Å²) >= 11 is 0. The van der Waals surface area contributed by atoms with Gasteiger partial charge in [0.05, 0.1) is 0 Å². The van der Waals surface area contributed by atoms with E-state index in [-0.39, 0.29) is 90.2 Å². The van der Waals surface area contributed by atoms with E-state index >= 15 is 0 Å². The molecule has 6 heteroatoms.